The molecule has 0 aliphatic carbocycles. The summed E-state index contributed by atoms with van der Waals surface area (Å²) in [5, 5.41) is 4.23. The van der Waals surface area contributed by atoms with Gasteiger partial charge in [0.25, 0.3) is 0 Å². The van der Waals surface area contributed by atoms with Crippen LogP contribution in [0.5, 0.6) is 5.75 Å². The summed E-state index contributed by atoms with van der Waals surface area (Å²) in [5.74, 6) is 0.282. The zero-order valence-corrected chi connectivity index (χ0v) is 15.5. The van der Waals surface area contributed by atoms with E-state index in [4.69, 9.17) is 4.18 Å². The molecule has 0 saturated heterocycles. The van der Waals surface area contributed by atoms with Crippen molar-refractivity contribution in [1.82, 2.24) is 9.19 Å². The summed E-state index contributed by atoms with van der Waals surface area (Å²) in [4.78, 5) is 0. The number of benzene rings is 2. The fourth-order valence-electron chi connectivity index (χ4n) is 2.69. The summed E-state index contributed by atoms with van der Waals surface area (Å²) in [6, 6.07) is 14.8. The van der Waals surface area contributed by atoms with Crippen LogP contribution in [0.4, 0.5) is 0 Å². The first-order valence-electron chi connectivity index (χ1n) is 7.91. The first kappa shape index (κ1) is 17.2. The van der Waals surface area contributed by atoms with E-state index < -0.39 is 10.3 Å². The Morgan fingerprint density at radius 3 is 2.04 bits per heavy atom. The molecule has 130 valence electrons. The van der Waals surface area contributed by atoms with Crippen molar-refractivity contribution in [2.75, 3.05) is 0 Å². The summed E-state index contributed by atoms with van der Waals surface area (Å²) in [6.07, 6.45) is 0. The Morgan fingerprint density at radius 2 is 1.44 bits per heavy atom. The van der Waals surface area contributed by atoms with Gasteiger partial charge in [0.05, 0.1) is 11.4 Å². The van der Waals surface area contributed by atoms with Crippen LogP contribution in [-0.4, -0.2) is 17.6 Å². The van der Waals surface area contributed by atoms with Crippen molar-refractivity contribution < 1.29 is 12.6 Å². The van der Waals surface area contributed by atoms with E-state index in [1.54, 1.807) is 25.1 Å². The lowest BCUT2D eigenvalue weighted by molar-refractivity contribution is 0.468. The summed E-state index contributed by atoms with van der Waals surface area (Å²) < 4.78 is 31.4. The number of rotatable bonds is 4. The van der Waals surface area contributed by atoms with Gasteiger partial charge in [-0.2, -0.15) is 13.5 Å². The predicted molar refractivity (Wildman–Crippen MR) is 98.0 cm³/mol. The zero-order valence-electron chi connectivity index (χ0n) is 14.6. The summed E-state index contributed by atoms with van der Waals surface area (Å²) in [5.41, 5.74) is 4.93. The summed E-state index contributed by atoms with van der Waals surface area (Å²) >= 11 is 0. The van der Waals surface area contributed by atoms with Crippen LogP contribution in [0.2, 0.25) is 0 Å². The maximum Gasteiger partial charge on any atom is 0.429 e. The molecule has 6 heteroatoms. The van der Waals surface area contributed by atoms with Crippen LogP contribution in [0, 0.1) is 27.7 Å². The molecule has 1 aromatic heterocycles. The maximum atomic E-state index is 12.6. The molecule has 0 aliphatic heterocycles. The topological polar surface area (TPSA) is 61.2 Å². The monoisotopic (exact) mass is 356 g/mol. The molecule has 0 N–H and O–H groups in total. The Bertz CT molecular complexity index is 999. The third kappa shape index (κ3) is 3.74. The predicted octanol–water partition coefficient (Wildman–Crippen LogP) is 3.96. The zero-order chi connectivity index (χ0) is 18.2. The Hall–Kier alpha value is -2.60. The third-order valence-electron chi connectivity index (χ3n) is 3.80. The van der Waals surface area contributed by atoms with Gasteiger partial charge in [-0.1, -0.05) is 35.9 Å². The van der Waals surface area contributed by atoms with Gasteiger partial charge in [0.15, 0.2) is 0 Å². The van der Waals surface area contributed by atoms with Crippen LogP contribution in [0.3, 0.4) is 0 Å². The first-order valence-corrected chi connectivity index (χ1v) is 9.28. The Labute approximate surface area is 148 Å². The second kappa shape index (κ2) is 6.37. The fraction of sp³-hybridized carbons (Fsp3) is 0.211. The highest BCUT2D eigenvalue weighted by molar-refractivity contribution is 7.85. The van der Waals surface area contributed by atoms with E-state index in [1.165, 1.54) is 0 Å². The Kier molecular flexibility index (Phi) is 4.39. The molecule has 0 spiro atoms. The Balaban J connectivity index is 1.96. The molecule has 1 heterocycles. The second-order valence-electron chi connectivity index (χ2n) is 6.24. The van der Waals surface area contributed by atoms with Crippen LogP contribution in [0.25, 0.3) is 11.3 Å². The van der Waals surface area contributed by atoms with E-state index in [9.17, 15) is 8.42 Å². The molecule has 2 aromatic carbocycles. The largest absolute Gasteiger partial charge is 0.429 e. The van der Waals surface area contributed by atoms with E-state index in [1.807, 2.05) is 51.1 Å². The van der Waals surface area contributed by atoms with Crippen molar-refractivity contribution in [3.8, 4) is 17.0 Å². The van der Waals surface area contributed by atoms with Gasteiger partial charge in [0.1, 0.15) is 5.75 Å². The second-order valence-corrected chi connectivity index (χ2v) is 7.61. The van der Waals surface area contributed by atoms with Gasteiger partial charge in [-0.25, -0.2) is 0 Å². The number of hydrogen-bond acceptors (Lipinski definition) is 4. The van der Waals surface area contributed by atoms with E-state index in [-0.39, 0.29) is 5.75 Å². The van der Waals surface area contributed by atoms with Crippen molar-refractivity contribution in [2.45, 2.75) is 27.7 Å². The van der Waals surface area contributed by atoms with Crippen LogP contribution in [0.1, 0.15) is 22.4 Å². The van der Waals surface area contributed by atoms with Gasteiger partial charge in [0, 0.05) is 5.56 Å². The highest BCUT2D eigenvalue weighted by Gasteiger charge is 2.21. The lowest BCUT2D eigenvalue weighted by atomic mass is 10.1. The number of hydrogen-bond donors (Lipinski definition) is 0. The lowest BCUT2D eigenvalue weighted by Crippen LogP contribution is -2.21. The van der Waals surface area contributed by atoms with Gasteiger partial charge in [-0.15, -0.1) is 4.09 Å². The van der Waals surface area contributed by atoms with Crippen LogP contribution in [0.15, 0.2) is 48.5 Å². The molecular weight excluding hydrogens is 336 g/mol. The van der Waals surface area contributed by atoms with E-state index >= 15 is 0 Å². The highest BCUT2D eigenvalue weighted by Crippen LogP contribution is 2.23. The SMILES string of the molecule is Cc1ccc(-c2cc(C)n(S(=O)(=O)Oc3cc(C)cc(C)c3)n2)cc1. The van der Waals surface area contributed by atoms with Crippen molar-refractivity contribution in [3.05, 3.63) is 70.9 Å². The van der Waals surface area contributed by atoms with Gasteiger partial charge in [-0.05, 0) is 57.0 Å². The van der Waals surface area contributed by atoms with E-state index in [0.717, 1.165) is 26.3 Å². The lowest BCUT2D eigenvalue weighted by Gasteiger charge is -2.09. The molecule has 0 aliphatic rings. The molecule has 0 bridgehead atoms. The van der Waals surface area contributed by atoms with Crippen molar-refractivity contribution in [3.63, 3.8) is 0 Å². The van der Waals surface area contributed by atoms with Crippen molar-refractivity contribution >= 4 is 10.3 Å². The molecule has 25 heavy (non-hydrogen) atoms. The molecule has 3 aromatic rings. The third-order valence-corrected chi connectivity index (χ3v) is 5.00. The molecule has 0 amide bonds. The van der Waals surface area contributed by atoms with Crippen LogP contribution in [-0.2, 0) is 10.3 Å². The molecular formula is C19H20N2O3S. The maximum absolute atomic E-state index is 12.6. The molecule has 3 rings (SSSR count). The minimum atomic E-state index is -4.07. The average molecular weight is 356 g/mol. The summed E-state index contributed by atoms with van der Waals surface area (Å²) in [7, 11) is -4.07. The van der Waals surface area contributed by atoms with Crippen LogP contribution < -0.4 is 4.18 Å². The first-order chi connectivity index (χ1) is 11.7. The quantitative estimate of drug-likeness (QED) is 0.710. The summed E-state index contributed by atoms with van der Waals surface area (Å²) in [6.45, 7) is 7.46. The smallest absolute Gasteiger partial charge is 0.365 e. The standard InChI is InChI=1S/C19H20N2O3S/c1-13-5-7-17(8-6-13)19-12-16(4)21(20-19)25(22,23)24-18-10-14(2)9-15(3)11-18/h5-12H,1-4H3. The van der Waals surface area contributed by atoms with Gasteiger partial charge in [-0.3, -0.25) is 0 Å². The number of aryl methyl sites for hydroxylation is 4. The number of nitrogens with zero attached hydrogens (tertiary/aromatic N) is 2. The van der Waals surface area contributed by atoms with E-state index in [0.29, 0.717) is 11.4 Å². The van der Waals surface area contributed by atoms with Gasteiger partial charge in [0.2, 0.25) is 0 Å². The molecule has 5 nitrogen and oxygen atoms in total. The molecule has 0 radical (unpaired) electrons. The van der Waals surface area contributed by atoms with Crippen LogP contribution >= 0.6 is 0 Å². The van der Waals surface area contributed by atoms with Crippen molar-refractivity contribution in [1.29, 1.82) is 0 Å². The Morgan fingerprint density at radius 1 is 0.840 bits per heavy atom. The molecule has 0 fully saturated rings. The van der Waals surface area contributed by atoms with Gasteiger partial charge >= 0.3 is 10.3 Å². The molecule has 0 unspecified atom stereocenters. The minimum absolute atomic E-state index is 0.282. The minimum Gasteiger partial charge on any atom is -0.365 e. The number of aromatic nitrogens is 2. The van der Waals surface area contributed by atoms with E-state index in [2.05, 4.69) is 5.10 Å². The van der Waals surface area contributed by atoms with Gasteiger partial charge < -0.3 is 4.18 Å². The fourth-order valence-corrected chi connectivity index (χ4v) is 3.69. The normalized spacial score (nSPS) is 11.5. The molecule has 0 saturated carbocycles. The highest BCUT2D eigenvalue weighted by atomic mass is 32.2. The van der Waals surface area contributed by atoms with Crippen molar-refractivity contribution in [2.24, 2.45) is 0 Å². The molecule has 0 atom stereocenters. The average Bonchev–Trinajstić information content (AvgIpc) is 2.89.